The molecule has 2 N–H and O–H groups in total. The van der Waals surface area contributed by atoms with E-state index in [0.29, 0.717) is 0 Å². The maximum atomic E-state index is 12.0. The molecule has 0 saturated carbocycles. The highest BCUT2D eigenvalue weighted by molar-refractivity contribution is 7.89. The first-order valence-corrected chi connectivity index (χ1v) is 7.19. The first-order chi connectivity index (χ1) is 8.62. The van der Waals surface area contributed by atoms with Crippen LogP contribution in [0, 0.1) is 11.3 Å². The topological polar surface area (TPSA) is 94.9 Å². The summed E-state index contributed by atoms with van der Waals surface area (Å²) in [6, 6.07) is 4.61. The van der Waals surface area contributed by atoms with E-state index in [1.807, 2.05) is 6.07 Å². The molecule has 0 radical (unpaired) electrons. The second-order valence-electron chi connectivity index (χ2n) is 4.14. The third-order valence-corrected chi connectivity index (χ3v) is 4.33. The minimum absolute atomic E-state index is 0.0353. The summed E-state index contributed by atoms with van der Waals surface area (Å²) < 4.78 is 26.7. The maximum absolute atomic E-state index is 12.0. The molecule has 2 heterocycles. The van der Waals surface area contributed by atoms with E-state index in [-0.39, 0.29) is 16.6 Å². The molecule has 7 heteroatoms. The van der Waals surface area contributed by atoms with Gasteiger partial charge in [0.05, 0.1) is 0 Å². The molecule has 0 spiro atoms. The van der Waals surface area contributed by atoms with Gasteiger partial charge in [-0.1, -0.05) is 0 Å². The maximum Gasteiger partial charge on any atom is 0.242 e. The minimum atomic E-state index is -3.53. The molecule has 1 aliphatic heterocycles. The lowest BCUT2D eigenvalue weighted by Crippen LogP contribution is -2.42. The summed E-state index contributed by atoms with van der Waals surface area (Å²) in [6.07, 6.45) is 2.77. The molecule has 0 amide bonds. The van der Waals surface area contributed by atoms with Gasteiger partial charge in [0.2, 0.25) is 10.0 Å². The molecule has 1 aromatic heterocycles. The number of nitrogens with one attached hydrogen (secondary N) is 2. The Morgan fingerprint density at radius 3 is 2.67 bits per heavy atom. The quantitative estimate of drug-likeness (QED) is 0.802. The zero-order valence-electron chi connectivity index (χ0n) is 9.76. The van der Waals surface area contributed by atoms with Crippen LogP contribution in [-0.2, 0) is 10.0 Å². The van der Waals surface area contributed by atoms with Gasteiger partial charge in [0.25, 0.3) is 0 Å². The molecule has 0 aromatic carbocycles. The second kappa shape index (κ2) is 5.44. The number of piperidine rings is 1. The summed E-state index contributed by atoms with van der Waals surface area (Å²) in [6.45, 7) is 1.64. The lowest BCUT2D eigenvalue weighted by molar-refractivity contribution is 0.427. The van der Waals surface area contributed by atoms with Crippen molar-refractivity contribution in [1.29, 1.82) is 5.26 Å². The fraction of sp³-hybridized carbons (Fsp3) is 0.455. The van der Waals surface area contributed by atoms with Gasteiger partial charge < -0.3 is 5.32 Å². The van der Waals surface area contributed by atoms with Crippen molar-refractivity contribution in [2.24, 2.45) is 0 Å². The molecule has 0 bridgehead atoms. The fourth-order valence-electron chi connectivity index (χ4n) is 1.83. The predicted molar refractivity (Wildman–Crippen MR) is 65.2 cm³/mol. The van der Waals surface area contributed by atoms with Gasteiger partial charge in [0.15, 0.2) is 0 Å². The summed E-state index contributed by atoms with van der Waals surface area (Å²) in [5.41, 5.74) is 0.204. The molecule has 2 rings (SSSR count). The summed E-state index contributed by atoms with van der Waals surface area (Å²) in [4.78, 5) is 3.86. The molecule has 1 aromatic rings. The van der Waals surface area contributed by atoms with Crippen LogP contribution in [0.2, 0.25) is 0 Å². The normalized spacial score (nSPS) is 17.3. The van der Waals surface area contributed by atoms with Gasteiger partial charge in [-0.05, 0) is 38.1 Å². The van der Waals surface area contributed by atoms with Crippen LogP contribution in [0.4, 0.5) is 0 Å². The van der Waals surface area contributed by atoms with Crippen LogP contribution in [-0.4, -0.2) is 32.5 Å². The van der Waals surface area contributed by atoms with E-state index in [4.69, 9.17) is 5.26 Å². The Kier molecular flexibility index (Phi) is 3.91. The highest BCUT2D eigenvalue weighted by atomic mass is 32.2. The number of pyridine rings is 1. The zero-order chi connectivity index (χ0) is 13.0. The smallest absolute Gasteiger partial charge is 0.242 e. The van der Waals surface area contributed by atoms with Crippen molar-refractivity contribution in [2.45, 2.75) is 23.8 Å². The number of hydrogen-bond donors (Lipinski definition) is 2. The van der Waals surface area contributed by atoms with Crippen molar-refractivity contribution < 1.29 is 8.42 Å². The van der Waals surface area contributed by atoms with Crippen LogP contribution in [0.25, 0.3) is 0 Å². The Balaban J connectivity index is 2.12. The molecule has 96 valence electrons. The van der Waals surface area contributed by atoms with E-state index in [1.165, 1.54) is 18.3 Å². The summed E-state index contributed by atoms with van der Waals surface area (Å²) in [5.74, 6) is 0. The number of aromatic nitrogens is 1. The standard InChI is InChI=1S/C11H14N4O2S/c12-7-10-1-2-11(8-14-10)18(16,17)15-9-3-5-13-6-4-9/h1-2,8-9,13,15H,3-6H2. The third kappa shape index (κ3) is 3.04. The number of nitrogens with zero attached hydrogens (tertiary/aromatic N) is 2. The van der Waals surface area contributed by atoms with Crippen LogP contribution in [0.5, 0.6) is 0 Å². The van der Waals surface area contributed by atoms with E-state index >= 15 is 0 Å². The van der Waals surface area contributed by atoms with Gasteiger partial charge in [-0.15, -0.1) is 0 Å². The van der Waals surface area contributed by atoms with Gasteiger partial charge >= 0.3 is 0 Å². The van der Waals surface area contributed by atoms with Gasteiger partial charge in [-0.3, -0.25) is 0 Å². The molecule has 0 unspecified atom stereocenters. The van der Waals surface area contributed by atoms with Crippen molar-refractivity contribution in [1.82, 2.24) is 15.0 Å². The van der Waals surface area contributed by atoms with Gasteiger partial charge in [-0.25, -0.2) is 18.1 Å². The largest absolute Gasteiger partial charge is 0.317 e. The number of nitriles is 1. The monoisotopic (exact) mass is 266 g/mol. The number of hydrogen-bond acceptors (Lipinski definition) is 5. The Hall–Kier alpha value is -1.49. The number of sulfonamides is 1. The van der Waals surface area contributed by atoms with Crippen molar-refractivity contribution in [3.63, 3.8) is 0 Å². The average Bonchev–Trinajstić information content (AvgIpc) is 2.39. The minimum Gasteiger partial charge on any atom is -0.317 e. The molecule has 0 aliphatic carbocycles. The molecule has 0 atom stereocenters. The Morgan fingerprint density at radius 1 is 1.39 bits per heavy atom. The third-order valence-electron chi connectivity index (χ3n) is 2.82. The first-order valence-electron chi connectivity index (χ1n) is 5.71. The van der Waals surface area contributed by atoms with Crippen molar-refractivity contribution in [2.75, 3.05) is 13.1 Å². The summed E-state index contributed by atoms with van der Waals surface area (Å²) in [7, 11) is -3.53. The molecule has 18 heavy (non-hydrogen) atoms. The Bertz CT molecular complexity index is 541. The van der Waals surface area contributed by atoms with Gasteiger partial charge in [-0.2, -0.15) is 5.26 Å². The van der Waals surface area contributed by atoms with E-state index in [0.717, 1.165) is 25.9 Å². The second-order valence-corrected chi connectivity index (χ2v) is 5.85. The summed E-state index contributed by atoms with van der Waals surface area (Å²) >= 11 is 0. The molecule has 6 nitrogen and oxygen atoms in total. The van der Waals surface area contributed by atoms with Crippen LogP contribution < -0.4 is 10.0 Å². The van der Waals surface area contributed by atoms with E-state index in [1.54, 1.807) is 0 Å². The molecule has 1 saturated heterocycles. The molecular formula is C11H14N4O2S. The number of rotatable bonds is 3. The van der Waals surface area contributed by atoms with Crippen LogP contribution in [0.1, 0.15) is 18.5 Å². The van der Waals surface area contributed by atoms with Crippen LogP contribution in [0.15, 0.2) is 23.2 Å². The molecular weight excluding hydrogens is 252 g/mol. The Labute approximate surface area is 106 Å². The van der Waals surface area contributed by atoms with Gasteiger partial charge in [0, 0.05) is 12.2 Å². The predicted octanol–water partition coefficient (Wildman–Crippen LogP) is -0.0164. The van der Waals surface area contributed by atoms with Crippen molar-refractivity contribution in [3.8, 4) is 6.07 Å². The lowest BCUT2D eigenvalue weighted by Gasteiger charge is -2.23. The Morgan fingerprint density at radius 2 is 2.11 bits per heavy atom. The lowest BCUT2D eigenvalue weighted by atomic mass is 10.1. The SMILES string of the molecule is N#Cc1ccc(S(=O)(=O)NC2CCNCC2)cn1. The van der Waals surface area contributed by atoms with Crippen LogP contribution in [0.3, 0.4) is 0 Å². The highest BCUT2D eigenvalue weighted by Crippen LogP contribution is 2.11. The van der Waals surface area contributed by atoms with E-state index in [2.05, 4.69) is 15.0 Å². The van der Waals surface area contributed by atoms with Crippen molar-refractivity contribution >= 4 is 10.0 Å². The van der Waals surface area contributed by atoms with E-state index in [9.17, 15) is 8.42 Å². The molecule has 1 fully saturated rings. The first kappa shape index (κ1) is 13.0. The highest BCUT2D eigenvalue weighted by Gasteiger charge is 2.21. The van der Waals surface area contributed by atoms with Gasteiger partial charge in [0.1, 0.15) is 16.7 Å². The zero-order valence-corrected chi connectivity index (χ0v) is 10.6. The average molecular weight is 266 g/mol. The fourth-order valence-corrected chi connectivity index (χ4v) is 3.08. The summed E-state index contributed by atoms with van der Waals surface area (Å²) in [5, 5.41) is 11.8. The van der Waals surface area contributed by atoms with E-state index < -0.39 is 10.0 Å². The molecule has 1 aliphatic rings. The van der Waals surface area contributed by atoms with Crippen molar-refractivity contribution in [3.05, 3.63) is 24.0 Å². The van der Waals surface area contributed by atoms with Crippen LogP contribution >= 0.6 is 0 Å².